The summed E-state index contributed by atoms with van der Waals surface area (Å²) in [6.07, 6.45) is 6.39. The average molecular weight is 193 g/mol. The van der Waals surface area contributed by atoms with E-state index in [0.717, 1.165) is 6.54 Å². The van der Waals surface area contributed by atoms with E-state index in [2.05, 4.69) is 17.5 Å². The third kappa shape index (κ3) is 1.69. The monoisotopic (exact) mass is 193 g/mol. The molecule has 1 aromatic rings. The molecular weight excluding hydrogens is 174 g/mol. The maximum Gasteiger partial charge on any atom is 0.0659 e. The molecule has 0 aromatic carbocycles. The van der Waals surface area contributed by atoms with Gasteiger partial charge in [0, 0.05) is 13.6 Å². The summed E-state index contributed by atoms with van der Waals surface area (Å²) in [6.45, 7) is 0.943. The van der Waals surface area contributed by atoms with Crippen molar-refractivity contribution in [3.05, 3.63) is 17.0 Å². The minimum absolute atomic E-state index is 0.943. The molecule has 0 bridgehead atoms. The molecule has 0 spiro atoms. The Kier molecular flexibility index (Phi) is 2.87. The summed E-state index contributed by atoms with van der Waals surface area (Å²) in [6, 6.07) is 0. The van der Waals surface area contributed by atoms with Crippen molar-refractivity contribution in [2.45, 2.75) is 38.6 Å². The fourth-order valence-electron chi connectivity index (χ4n) is 2.31. The summed E-state index contributed by atoms with van der Waals surface area (Å²) < 4.78 is 2.05. The van der Waals surface area contributed by atoms with Crippen LogP contribution in [0.4, 0.5) is 0 Å². The molecule has 3 nitrogen and oxygen atoms in total. The number of hydrogen-bond acceptors (Lipinski definition) is 2. The summed E-state index contributed by atoms with van der Waals surface area (Å²) in [5.74, 6) is 0. The van der Waals surface area contributed by atoms with Gasteiger partial charge in [-0.25, -0.2) is 0 Å². The lowest BCUT2D eigenvalue weighted by molar-refractivity contribution is 0.637. The van der Waals surface area contributed by atoms with E-state index in [9.17, 15) is 0 Å². The van der Waals surface area contributed by atoms with Crippen LogP contribution in [0.25, 0.3) is 0 Å². The topological polar surface area (TPSA) is 29.9 Å². The van der Waals surface area contributed by atoms with Gasteiger partial charge in [0.15, 0.2) is 0 Å². The Morgan fingerprint density at radius 2 is 2.07 bits per heavy atom. The molecule has 1 aliphatic carbocycles. The molecule has 0 saturated carbocycles. The number of hydrogen-bond donors (Lipinski definition) is 1. The molecule has 1 aliphatic rings. The number of nitrogens with one attached hydrogen (secondary N) is 1. The molecule has 2 rings (SSSR count). The lowest BCUT2D eigenvalue weighted by Crippen LogP contribution is -2.11. The minimum Gasteiger partial charge on any atom is -0.314 e. The van der Waals surface area contributed by atoms with E-state index in [1.807, 2.05) is 11.7 Å². The van der Waals surface area contributed by atoms with Crippen molar-refractivity contribution in [2.75, 3.05) is 7.05 Å². The highest BCUT2D eigenvalue weighted by Crippen LogP contribution is 2.22. The molecule has 0 fully saturated rings. The standard InChI is InChI=1S/C11H19N3/c1-12-8-11-9-6-4-3-5-7-10(9)13-14(11)2/h12H,3-8H2,1-2H3. The Hall–Kier alpha value is -0.830. The second kappa shape index (κ2) is 4.13. The fourth-order valence-corrected chi connectivity index (χ4v) is 2.31. The molecule has 14 heavy (non-hydrogen) atoms. The van der Waals surface area contributed by atoms with Gasteiger partial charge >= 0.3 is 0 Å². The molecule has 0 saturated heterocycles. The predicted molar refractivity (Wildman–Crippen MR) is 57.2 cm³/mol. The second-order valence-corrected chi connectivity index (χ2v) is 4.09. The normalized spacial score (nSPS) is 16.4. The van der Waals surface area contributed by atoms with Gasteiger partial charge < -0.3 is 5.32 Å². The zero-order valence-corrected chi connectivity index (χ0v) is 9.14. The van der Waals surface area contributed by atoms with Gasteiger partial charge in [0.25, 0.3) is 0 Å². The fraction of sp³-hybridized carbons (Fsp3) is 0.727. The van der Waals surface area contributed by atoms with E-state index in [1.165, 1.54) is 49.1 Å². The third-order valence-electron chi connectivity index (χ3n) is 3.04. The minimum atomic E-state index is 0.943. The van der Waals surface area contributed by atoms with Crippen molar-refractivity contribution in [1.29, 1.82) is 0 Å². The van der Waals surface area contributed by atoms with Gasteiger partial charge in [-0.2, -0.15) is 5.10 Å². The molecule has 1 heterocycles. The first-order valence-corrected chi connectivity index (χ1v) is 5.51. The third-order valence-corrected chi connectivity index (χ3v) is 3.04. The van der Waals surface area contributed by atoms with Gasteiger partial charge in [0.05, 0.1) is 11.4 Å². The first-order chi connectivity index (χ1) is 6.83. The van der Waals surface area contributed by atoms with Crippen LogP contribution in [-0.4, -0.2) is 16.8 Å². The van der Waals surface area contributed by atoms with Gasteiger partial charge in [-0.1, -0.05) is 6.42 Å². The first-order valence-electron chi connectivity index (χ1n) is 5.51. The van der Waals surface area contributed by atoms with Crippen molar-refractivity contribution in [3.8, 4) is 0 Å². The summed E-state index contributed by atoms with van der Waals surface area (Å²) in [5, 5.41) is 7.83. The van der Waals surface area contributed by atoms with Crippen molar-refractivity contribution >= 4 is 0 Å². The Morgan fingerprint density at radius 1 is 1.29 bits per heavy atom. The van der Waals surface area contributed by atoms with Crippen LogP contribution in [0.15, 0.2) is 0 Å². The molecule has 3 heteroatoms. The maximum absolute atomic E-state index is 4.61. The van der Waals surface area contributed by atoms with Crippen LogP contribution >= 0.6 is 0 Å². The van der Waals surface area contributed by atoms with Crippen LogP contribution in [-0.2, 0) is 26.4 Å². The van der Waals surface area contributed by atoms with Gasteiger partial charge in [-0.3, -0.25) is 4.68 Å². The number of aryl methyl sites for hydroxylation is 2. The Labute approximate surface area is 85.5 Å². The van der Waals surface area contributed by atoms with Crippen LogP contribution in [0.1, 0.15) is 36.2 Å². The lowest BCUT2D eigenvalue weighted by Gasteiger charge is -2.04. The SMILES string of the molecule is CNCc1c2c(nn1C)CCCCC2. The van der Waals surface area contributed by atoms with Crippen LogP contribution in [0.5, 0.6) is 0 Å². The van der Waals surface area contributed by atoms with E-state index >= 15 is 0 Å². The average Bonchev–Trinajstić information content (AvgIpc) is 2.39. The number of aromatic nitrogens is 2. The highest BCUT2D eigenvalue weighted by molar-refractivity contribution is 5.27. The number of nitrogens with zero attached hydrogens (tertiary/aromatic N) is 2. The molecule has 0 unspecified atom stereocenters. The van der Waals surface area contributed by atoms with Crippen molar-refractivity contribution in [1.82, 2.24) is 15.1 Å². The van der Waals surface area contributed by atoms with Gasteiger partial charge in [0.2, 0.25) is 0 Å². The molecule has 0 amide bonds. The largest absolute Gasteiger partial charge is 0.314 e. The van der Waals surface area contributed by atoms with E-state index in [0.29, 0.717) is 0 Å². The van der Waals surface area contributed by atoms with E-state index in [4.69, 9.17) is 0 Å². The maximum atomic E-state index is 4.61. The van der Waals surface area contributed by atoms with Crippen molar-refractivity contribution in [3.63, 3.8) is 0 Å². The zero-order valence-electron chi connectivity index (χ0n) is 9.14. The van der Waals surface area contributed by atoms with Crippen LogP contribution in [0, 0.1) is 0 Å². The Morgan fingerprint density at radius 3 is 2.86 bits per heavy atom. The Bertz CT molecular complexity index is 315. The van der Waals surface area contributed by atoms with E-state index < -0.39 is 0 Å². The lowest BCUT2D eigenvalue weighted by atomic mass is 10.1. The summed E-state index contributed by atoms with van der Waals surface area (Å²) in [7, 11) is 4.05. The molecular formula is C11H19N3. The smallest absolute Gasteiger partial charge is 0.0659 e. The number of fused-ring (bicyclic) bond motifs is 1. The summed E-state index contributed by atoms with van der Waals surface area (Å²) in [4.78, 5) is 0. The quantitative estimate of drug-likeness (QED) is 0.720. The molecule has 78 valence electrons. The molecule has 0 radical (unpaired) electrons. The summed E-state index contributed by atoms with van der Waals surface area (Å²) >= 11 is 0. The van der Waals surface area contributed by atoms with E-state index in [-0.39, 0.29) is 0 Å². The van der Waals surface area contributed by atoms with Crippen LogP contribution < -0.4 is 5.32 Å². The Balaban J connectivity index is 2.33. The highest BCUT2D eigenvalue weighted by Gasteiger charge is 2.16. The summed E-state index contributed by atoms with van der Waals surface area (Å²) in [5.41, 5.74) is 4.24. The van der Waals surface area contributed by atoms with Crippen LogP contribution in [0.2, 0.25) is 0 Å². The first kappa shape index (κ1) is 9.71. The molecule has 1 N–H and O–H groups in total. The van der Waals surface area contributed by atoms with Crippen molar-refractivity contribution in [2.24, 2.45) is 7.05 Å². The predicted octanol–water partition coefficient (Wildman–Crippen LogP) is 1.41. The zero-order chi connectivity index (χ0) is 9.97. The van der Waals surface area contributed by atoms with Gasteiger partial charge in [0.1, 0.15) is 0 Å². The van der Waals surface area contributed by atoms with E-state index in [1.54, 1.807) is 0 Å². The molecule has 0 atom stereocenters. The molecule has 0 aliphatic heterocycles. The van der Waals surface area contributed by atoms with Gasteiger partial charge in [-0.15, -0.1) is 0 Å². The van der Waals surface area contributed by atoms with Crippen molar-refractivity contribution < 1.29 is 0 Å². The van der Waals surface area contributed by atoms with Gasteiger partial charge in [-0.05, 0) is 38.3 Å². The second-order valence-electron chi connectivity index (χ2n) is 4.09. The molecule has 1 aromatic heterocycles. The van der Waals surface area contributed by atoms with Crippen LogP contribution in [0.3, 0.4) is 0 Å². The number of rotatable bonds is 2. The highest BCUT2D eigenvalue weighted by atomic mass is 15.3.